The zero-order chi connectivity index (χ0) is 11.4. The van der Waals surface area contributed by atoms with Crippen molar-refractivity contribution in [1.29, 1.82) is 0 Å². The second kappa shape index (κ2) is 5.66. The van der Waals surface area contributed by atoms with Crippen LogP contribution in [0, 0.1) is 0 Å². The summed E-state index contributed by atoms with van der Waals surface area (Å²) in [6.07, 6.45) is 1.10. The van der Waals surface area contributed by atoms with Gasteiger partial charge in [0.2, 0.25) is 0 Å². The van der Waals surface area contributed by atoms with Crippen LogP contribution in [0.25, 0.3) is 0 Å². The van der Waals surface area contributed by atoms with E-state index >= 15 is 0 Å². The van der Waals surface area contributed by atoms with Crippen LogP contribution in [0.5, 0.6) is 5.75 Å². The molecule has 3 nitrogen and oxygen atoms in total. The highest BCUT2D eigenvalue weighted by Crippen LogP contribution is 2.24. The number of hydrogen-bond acceptors (Lipinski definition) is 3. The van der Waals surface area contributed by atoms with E-state index in [0.29, 0.717) is 5.75 Å². The largest absolute Gasteiger partial charge is 0.507 e. The number of nitrogens with zero attached hydrogens (tertiary/aromatic N) is 1. The number of phenols is 1. The highest BCUT2D eigenvalue weighted by molar-refractivity contribution is 9.10. The van der Waals surface area contributed by atoms with Crippen molar-refractivity contribution >= 4 is 15.9 Å². The van der Waals surface area contributed by atoms with Gasteiger partial charge in [0.1, 0.15) is 5.75 Å². The number of rotatable bonds is 2. The van der Waals surface area contributed by atoms with E-state index in [1.54, 1.807) is 6.07 Å². The molecule has 88 valence electrons. The molecule has 4 heteroatoms. The first-order chi connectivity index (χ1) is 7.75. The Morgan fingerprint density at radius 3 is 3.00 bits per heavy atom. The number of benzene rings is 1. The maximum absolute atomic E-state index is 9.41. The van der Waals surface area contributed by atoms with Crippen molar-refractivity contribution in [3.05, 3.63) is 28.2 Å². The summed E-state index contributed by atoms with van der Waals surface area (Å²) in [6.45, 7) is 4.67. The van der Waals surface area contributed by atoms with Crippen molar-refractivity contribution in [2.75, 3.05) is 26.3 Å². The Balaban J connectivity index is 1.99. The predicted molar refractivity (Wildman–Crippen MR) is 66.5 cm³/mol. The quantitative estimate of drug-likeness (QED) is 0.906. The third-order valence-corrected chi connectivity index (χ3v) is 3.37. The van der Waals surface area contributed by atoms with Gasteiger partial charge in [0.25, 0.3) is 0 Å². The van der Waals surface area contributed by atoms with Gasteiger partial charge in [-0.25, -0.2) is 0 Å². The highest BCUT2D eigenvalue weighted by atomic mass is 79.9. The van der Waals surface area contributed by atoms with Gasteiger partial charge in [-0.15, -0.1) is 0 Å². The Morgan fingerprint density at radius 1 is 1.31 bits per heavy atom. The summed E-state index contributed by atoms with van der Waals surface area (Å²) in [5.41, 5.74) is 1.21. The Bertz CT molecular complexity index is 349. The van der Waals surface area contributed by atoms with Crippen LogP contribution in [0.3, 0.4) is 0 Å². The molecule has 1 heterocycles. The molecule has 1 N–H and O–H groups in total. The van der Waals surface area contributed by atoms with E-state index in [2.05, 4.69) is 20.8 Å². The van der Waals surface area contributed by atoms with Crippen molar-refractivity contribution in [2.45, 2.75) is 13.0 Å². The lowest BCUT2D eigenvalue weighted by Crippen LogP contribution is -2.25. The van der Waals surface area contributed by atoms with E-state index in [0.717, 1.165) is 43.7 Å². The lowest BCUT2D eigenvalue weighted by Gasteiger charge is -2.19. The van der Waals surface area contributed by atoms with E-state index in [9.17, 15) is 5.11 Å². The van der Waals surface area contributed by atoms with Crippen LogP contribution in [0.2, 0.25) is 0 Å². The van der Waals surface area contributed by atoms with Gasteiger partial charge >= 0.3 is 0 Å². The fourth-order valence-corrected chi connectivity index (χ4v) is 2.29. The molecular weight excluding hydrogens is 270 g/mol. The second-order valence-electron chi connectivity index (χ2n) is 4.03. The van der Waals surface area contributed by atoms with E-state index in [4.69, 9.17) is 4.74 Å². The summed E-state index contributed by atoms with van der Waals surface area (Å²) in [7, 11) is 0. The Labute approximate surface area is 104 Å². The van der Waals surface area contributed by atoms with E-state index in [1.165, 1.54) is 5.56 Å². The second-order valence-corrected chi connectivity index (χ2v) is 4.88. The standard InChI is InChI=1S/C12H16BrNO2/c13-11-8-10(2-3-12(11)15)9-14-4-1-6-16-7-5-14/h2-3,8,15H,1,4-7,9H2. The zero-order valence-electron chi connectivity index (χ0n) is 9.16. The van der Waals surface area contributed by atoms with Crippen LogP contribution in [0.15, 0.2) is 22.7 Å². The van der Waals surface area contributed by atoms with Gasteiger partial charge in [-0.2, -0.15) is 0 Å². The molecule has 0 amide bonds. The van der Waals surface area contributed by atoms with Crippen molar-refractivity contribution < 1.29 is 9.84 Å². The van der Waals surface area contributed by atoms with Crippen LogP contribution >= 0.6 is 15.9 Å². The molecule has 0 atom stereocenters. The maximum Gasteiger partial charge on any atom is 0.129 e. The van der Waals surface area contributed by atoms with Gasteiger partial charge < -0.3 is 9.84 Å². The molecule has 1 fully saturated rings. The van der Waals surface area contributed by atoms with Gasteiger partial charge in [0, 0.05) is 26.2 Å². The molecule has 1 aromatic carbocycles. The first-order valence-electron chi connectivity index (χ1n) is 5.53. The summed E-state index contributed by atoms with van der Waals surface area (Å²) in [4.78, 5) is 2.38. The molecule has 0 radical (unpaired) electrons. The molecule has 16 heavy (non-hydrogen) atoms. The normalized spacial score (nSPS) is 18.3. The van der Waals surface area contributed by atoms with E-state index < -0.39 is 0 Å². The molecule has 0 aromatic heterocycles. The average molecular weight is 286 g/mol. The molecule has 0 aliphatic carbocycles. The zero-order valence-corrected chi connectivity index (χ0v) is 10.7. The van der Waals surface area contributed by atoms with Gasteiger partial charge in [0.05, 0.1) is 11.1 Å². The lowest BCUT2D eigenvalue weighted by atomic mass is 10.2. The van der Waals surface area contributed by atoms with Crippen LogP contribution in [0.4, 0.5) is 0 Å². The van der Waals surface area contributed by atoms with Crippen LogP contribution in [0.1, 0.15) is 12.0 Å². The molecule has 1 aromatic rings. The Hall–Kier alpha value is -0.580. The van der Waals surface area contributed by atoms with Gasteiger partial charge in [0.15, 0.2) is 0 Å². The average Bonchev–Trinajstić information content (AvgIpc) is 2.52. The van der Waals surface area contributed by atoms with Crippen LogP contribution in [-0.2, 0) is 11.3 Å². The van der Waals surface area contributed by atoms with Crippen LogP contribution in [-0.4, -0.2) is 36.3 Å². The number of aromatic hydroxyl groups is 1. The lowest BCUT2D eigenvalue weighted by molar-refractivity contribution is 0.140. The summed E-state index contributed by atoms with van der Waals surface area (Å²) in [5.74, 6) is 0.294. The summed E-state index contributed by atoms with van der Waals surface area (Å²) in [5, 5.41) is 9.41. The SMILES string of the molecule is Oc1ccc(CN2CCCOCC2)cc1Br. The van der Waals surface area contributed by atoms with E-state index in [-0.39, 0.29) is 0 Å². The van der Waals surface area contributed by atoms with Gasteiger partial charge in [-0.05, 0) is 40.0 Å². The molecule has 0 unspecified atom stereocenters. The van der Waals surface area contributed by atoms with Gasteiger partial charge in [-0.3, -0.25) is 4.90 Å². The maximum atomic E-state index is 9.41. The minimum atomic E-state index is 0.294. The fourth-order valence-electron chi connectivity index (χ4n) is 1.86. The highest BCUT2D eigenvalue weighted by Gasteiger charge is 2.10. The number of halogens is 1. The fraction of sp³-hybridized carbons (Fsp3) is 0.500. The Kier molecular flexibility index (Phi) is 4.21. The van der Waals surface area contributed by atoms with Crippen molar-refractivity contribution in [3.8, 4) is 5.75 Å². The van der Waals surface area contributed by atoms with Crippen LogP contribution < -0.4 is 0 Å². The van der Waals surface area contributed by atoms with E-state index in [1.807, 2.05) is 12.1 Å². The summed E-state index contributed by atoms with van der Waals surface area (Å²) < 4.78 is 6.17. The third-order valence-electron chi connectivity index (χ3n) is 2.73. The van der Waals surface area contributed by atoms with Crippen molar-refractivity contribution in [1.82, 2.24) is 4.90 Å². The van der Waals surface area contributed by atoms with Crippen molar-refractivity contribution in [3.63, 3.8) is 0 Å². The minimum Gasteiger partial charge on any atom is -0.507 e. The summed E-state index contributed by atoms with van der Waals surface area (Å²) >= 11 is 3.33. The molecule has 1 aliphatic heterocycles. The first kappa shape index (κ1) is 11.9. The summed E-state index contributed by atoms with van der Waals surface area (Å²) in [6, 6.07) is 5.67. The first-order valence-corrected chi connectivity index (χ1v) is 6.32. The molecule has 1 aliphatic rings. The Morgan fingerprint density at radius 2 is 2.19 bits per heavy atom. The molecule has 0 saturated carbocycles. The monoisotopic (exact) mass is 285 g/mol. The predicted octanol–water partition coefficient (Wildman–Crippen LogP) is 2.38. The third kappa shape index (κ3) is 3.20. The molecule has 0 bridgehead atoms. The minimum absolute atomic E-state index is 0.294. The van der Waals surface area contributed by atoms with Crippen molar-refractivity contribution in [2.24, 2.45) is 0 Å². The number of hydrogen-bond donors (Lipinski definition) is 1. The molecule has 1 saturated heterocycles. The topological polar surface area (TPSA) is 32.7 Å². The molecular formula is C12H16BrNO2. The number of phenolic OH excluding ortho intramolecular Hbond substituents is 1. The molecule has 0 spiro atoms. The smallest absolute Gasteiger partial charge is 0.129 e. The number of ether oxygens (including phenoxy) is 1. The van der Waals surface area contributed by atoms with Gasteiger partial charge in [-0.1, -0.05) is 6.07 Å². The molecule has 2 rings (SSSR count).